The molecule has 8 heteroatoms. The number of hydrogen-bond donors (Lipinski definition) is 0. The highest BCUT2D eigenvalue weighted by Gasteiger charge is 2.28. The summed E-state index contributed by atoms with van der Waals surface area (Å²) in [5, 5.41) is 0. The maximum atomic E-state index is 13.4. The van der Waals surface area contributed by atoms with Crippen molar-refractivity contribution in [1.29, 1.82) is 0 Å². The molecule has 0 N–H and O–H groups in total. The molecular formula is C30H50O4S4. The van der Waals surface area contributed by atoms with Crippen molar-refractivity contribution in [1.82, 2.24) is 0 Å². The van der Waals surface area contributed by atoms with Crippen molar-refractivity contribution in [3.05, 3.63) is 21.9 Å². The Hall–Kier alpha value is -0.700. The fourth-order valence-electron chi connectivity index (χ4n) is 4.83. The van der Waals surface area contributed by atoms with Crippen LogP contribution in [0, 0.1) is 13.8 Å². The average Bonchev–Trinajstić information content (AvgIpc) is 3.46. The molecule has 0 aliphatic heterocycles. The van der Waals surface area contributed by atoms with Gasteiger partial charge in [0.25, 0.3) is 0 Å². The van der Waals surface area contributed by atoms with Gasteiger partial charge in [0.2, 0.25) is 0 Å². The summed E-state index contributed by atoms with van der Waals surface area (Å²) < 4.78 is 53.5. The zero-order chi connectivity index (χ0) is 28.0. The predicted octanol–water partition coefficient (Wildman–Crippen LogP) is 9.92. The molecule has 0 saturated carbocycles. The van der Waals surface area contributed by atoms with Gasteiger partial charge in [-0.1, -0.05) is 104 Å². The lowest BCUT2D eigenvalue weighted by molar-refractivity contribution is 0.572. The first-order chi connectivity index (χ1) is 18.1. The second-order valence-corrected chi connectivity index (χ2v) is 17.4. The molecule has 38 heavy (non-hydrogen) atoms. The Morgan fingerprint density at radius 2 is 0.789 bits per heavy atom. The van der Waals surface area contributed by atoms with E-state index in [0.29, 0.717) is 32.4 Å². The number of aryl methyl sites for hydroxylation is 2. The molecule has 4 nitrogen and oxygen atoms in total. The Kier molecular flexibility index (Phi) is 15.2. The van der Waals surface area contributed by atoms with Gasteiger partial charge in [0, 0.05) is 9.75 Å². The third-order valence-corrected chi connectivity index (χ3v) is 13.2. The van der Waals surface area contributed by atoms with Crippen molar-refractivity contribution in [2.24, 2.45) is 0 Å². The fraction of sp³-hybridized carbons (Fsp3) is 0.733. The van der Waals surface area contributed by atoms with Gasteiger partial charge in [0.15, 0.2) is 19.7 Å². The summed E-state index contributed by atoms with van der Waals surface area (Å²) in [7, 11) is -6.97. The van der Waals surface area contributed by atoms with Crippen molar-refractivity contribution >= 4 is 42.3 Å². The molecule has 0 saturated heterocycles. The second-order valence-electron chi connectivity index (χ2n) is 10.7. The first-order valence-corrected chi connectivity index (χ1v) is 19.7. The van der Waals surface area contributed by atoms with Gasteiger partial charge in [-0.2, -0.15) is 0 Å². The number of hydrogen-bond acceptors (Lipinski definition) is 6. The van der Waals surface area contributed by atoms with Gasteiger partial charge in [0.1, 0.15) is 0 Å². The van der Waals surface area contributed by atoms with E-state index in [1.54, 1.807) is 12.1 Å². The van der Waals surface area contributed by atoms with E-state index in [-0.39, 0.29) is 11.5 Å². The Bertz CT molecular complexity index is 1060. The molecule has 0 atom stereocenters. The van der Waals surface area contributed by atoms with Crippen LogP contribution in [0.4, 0.5) is 0 Å². The van der Waals surface area contributed by atoms with E-state index in [9.17, 15) is 16.8 Å². The Morgan fingerprint density at radius 3 is 1.11 bits per heavy atom. The van der Waals surface area contributed by atoms with Crippen molar-refractivity contribution in [2.45, 2.75) is 140 Å². The highest BCUT2D eigenvalue weighted by molar-refractivity contribution is 7.92. The number of unbranched alkanes of at least 4 members (excludes halogenated alkanes) is 14. The van der Waals surface area contributed by atoms with Crippen LogP contribution in [-0.2, 0) is 19.7 Å². The van der Waals surface area contributed by atoms with Crippen LogP contribution in [0.5, 0.6) is 0 Å². The standard InChI is InChI=1S/C30H50O4S4/c1-5-7-9-11-13-15-17-19-21-37(31,32)27-23-25(3)35-29(27)30-28(24-26(4)36-30)38(33,34)22-20-18-16-14-12-10-8-6-2/h23-24H,5-22H2,1-4H3. The molecule has 0 aliphatic carbocycles. The van der Waals surface area contributed by atoms with Gasteiger partial charge < -0.3 is 0 Å². The minimum absolute atomic E-state index is 0.121. The lowest BCUT2D eigenvalue weighted by Gasteiger charge is -2.09. The third kappa shape index (κ3) is 11.1. The smallest absolute Gasteiger partial charge is 0.179 e. The fourth-order valence-corrected chi connectivity index (χ4v) is 11.2. The molecule has 0 radical (unpaired) electrons. The summed E-state index contributed by atoms with van der Waals surface area (Å²) in [6.45, 7) is 8.22. The molecule has 2 rings (SSSR count). The molecule has 0 spiro atoms. The minimum Gasteiger partial charge on any atom is -0.224 e. The van der Waals surface area contributed by atoms with E-state index in [1.165, 1.54) is 74.0 Å². The van der Waals surface area contributed by atoms with Crippen molar-refractivity contribution in [3.63, 3.8) is 0 Å². The normalized spacial score (nSPS) is 12.4. The van der Waals surface area contributed by atoms with Crippen LogP contribution in [0.3, 0.4) is 0 Å². The molecule has 218 valence electrons. The van der Waals surface area contributed by atoms with Gasteiger partial charge >= 0.3 is 0 Å². The number of rotatable bonds is 21. The monoisotopic (exact) mass is 602 g/mol. The van der Waals surface area contributed by atoms with Gasteiger partial charge in [-0.25, -0.2) is 16.8 Å². The maximum absolute atomic E-state index is 13.4. The number of sulfone groups is 2. The molecule has 2 aromatic rings. The van der Waals surface area contributed by atoms with E-state index >= 15 is 0 Å². The molecular weight excluding hydrogens is 553 g/mol. The highest BCUT2D eigenvalue weighted by atomic mass is 32.2. The molecule has 0 unspecified atom stereocenters. The van der Waals surface area contributed by atoms with Crippen LogP contribution < -0.4 is 0 Å². The van der Waals surface area contributed by atoms with Crippen LogP contribution in [0.2, 0.25) is 0 Å². The van der Waals surface area contributed by atoms with Crippen LogP contribution in [0.1, 0.15) is 126 Å². The van der Waals surface area contributed by atoms with Gasteiger partial charge in [-0.15, -0.1) is 22.7 Å². The van der Waals surface area contributed by atoms with Crippen LogP contribution in [-0.4, -0.2) is 28.3 Å². The summed E-state index contributed by atoms with van der Waals surface area (Å²) in [6.07, 6.45) is 17.6. The Morgan fingerprint density at radius 1 is 0.500 bits per heavy atom. The predicted molar refractivity (Wildman–Crippen MR) is 166 cm³/mol. The number of thiophene rings is 2. The lowest BCUT2D eigenvalue weighted by atomic mass is 10.1. The summed E-state index contributed by atoms with van der Waals surface area (Å²) in [5.41, 5.74) is 0. The van der Waals surface area contributed by atoms with Crippen LogP contribution in [0.25, 0.3) is 9.75 Å². The van der Waals surface area contributed by atoms with Crippen LogP contribution in [0.15, 0.2) is 21.9 Å². The highest BCUT2D eigenvalue weighted by Crippen LogP contribution is 2.44. The molecule has 2 heterocycles. The quantitative estimate of drug-likeness (QED) is 0.133. The van der Waals surface area contributed by atoms with E-state index in [1.807, 2.05) is 13.8 Å². The van der Waals surface area contributed by atoms with Gasteiger partial charge in [-0.05, 0) is 38.8 Å². The van der Waals surface area contributed by atoms with Crippen molar-refractivity contribution < 1.29 is 16.8 Å². The maximum Gasteiger partial charge on any atom is 0.179 e. The van der Waals surface area contributed by atoms with E-state index in [2.05, 4.69) is 13.8 Å². The second kappa shape index (κ2) is 17.2. The van der Waals surface area contributed by atoms with Crippen molar-refractivity contribution in [3.8, 4) is 9.75 Å². The van der Waals surface area contributed by atoms with Gasteiger partial charge in [0.05, 0.1) is 31.1 Å². The van der Waals surface area contributed by atoms with Gasteiger partial charge in [-0.3, -0.25) is 0 Å². The summed E-state index contributed by atoms with van der Waals surface area (Å²) in [4.78, 5) is 3.63. The SMILES string of the molecule is CCCCCCCCCCS(=O)(=O)c1cc(C)sc1-c1sc(C)cc1S(=O)(=O)CCCCCCCCCC. The Labute approximate surface area is 241 Å². The molecule has 0 bridgehead atoms. The average molecular weight is 603 g/mol. The summed E-state index contributed by atoms with van der Waals surface area (Å²) in [5.74, 6) is 0.242. The topological polar surface area (TPSA) is 68.3 Å². The molecule has 0 aliphatic rings. The molecule has 0 aromatic carbocycles. The largest absolute Gasteiger partial charge is 0.224 e. The van der Waals surface area contributed by atoms with E-state index < -0.39 is 19.7 Å². The molecule has 0 fully saturated rings. The molecule has 2 aromatic heterocycles. The first kappa shape index (κ1) is 33.5. The van der Waals surface area contributed by atoms with Crippen LogP contribution >= 0.6 is 22.7 Å². The first-order valence-electron chi connectivity index (χ1n) is 14.8. The summed E-state index contributed by atoms with van der Waals surface area (Å²) in [6, 6.07) is 3.48. The van der Waals surface area contributed by atoms with E-state index in [4.69, 9.17) is 0 Å². The summed E-state index contributed by atoms with van der Waals surface area (Å²) >= 11 is 2.80. The lowest BCUT2D eigenvalue weighted by Crippen LogP contribution is -2.09. The minimum atomic E-state index is -3.48. The van der Waals surface area contributed by atoms with E-state index in [0.717, 1.165) is 48.3 Å². The Balaban J connectivity index is 2.06. The molecule has 0 amide bonds. The zero-order valence-corrected chi connectivity index (χ0v) is 27.4. The zero-order valence-electron chi connectivity index (χ0n) is 24.1. The van der Waals surface area contributed by atoms with Crippen molar-refractivity contribution in [2.75, 3.05) is 11.5 Å². The third-order valence-electron chi connectivity index (χ3n) is 7.05.